The molecule has 1 amide bonds. The molecule has 7 nitrogen and oxygen atoms in total. The minimum atomic E-state index is -0.749. The van der Waals surface area contributed by atoms with Crippen LogP contribution in [-0.4, -0.2) is 45.9 Å². The summed E-state index contributed by atoms with van der Waals surface area (Å²) in [6.07, 6.45) is 3.87. The summed E-state index contributed by atoms with van der Waals surface area (Å²) >= 11 is 0. The predicted molar refractivity (Wildman–Crippen MR) is 115 cm³/mol. The molecular formula is C24H24N2O5. The van der Waals surface area contributed by atoms with Crippen molar-refractivity contribution in [3.8, 4) is 0 Å². The third-order valence-electron chi connectivity index (χ3n) is 5.19. The first-order chi connectivity index (χ1) is 15.0. The van der Waals surface area contributed by atoms with Crippen LogP contribution in [0.25, 0.3) is 11.0 Å². The molecule has 1 aliphatic heterocycles. The smallest absolute Gasteiger partial charge is 0.290 e. The van der Waals surface area contributed by atoms with Gasteiger partial charge in [0.2, 0.25) is 5.78 Å². The van der Waals surface area contributed by atoms with Gasteiger partial charge in [0.15, 0.2) is 11.5 Å². The second-order valence-electron chi connectivity index (χ2n) is 7.70. The number of hydrogen-bond acceptors (Lipinski definition) is 6. The maximum absolute atomic E-state index is 13.4. The first-order valence-corrected chi connectivity index (χ1v) is 10.3. The van der Waals surface area contributed by atoms with Crippen LogP contribution in [-0.2, 0) is 9.53 Å². The van der Waals surface area contributed by atoms with E-state index in [1.165, 1.54) is 4.90 Å². The second-order valence-corrected chi connectivity index (χ2v) is 7.70. The van der Waals surface area contributed by atoms with E-state index in [-0.39, 0.29) is 17.4 Å². The first kappa shape index (κ1) is 20.8. The summed E-state index contributed by atoms with van der Waals surface area (Å²) in [4.78, 5) is 31.9. The number of amides is 1. The third kappa shape index (κ3) is 4.09. The van der Waals surface area contributed by atoms with Crippen molar-refractivity contribution in [1.29, 1.82) is 0 Å². The van der Waals surface area contributed by atoms with E-state index in [1.54, 1.807) is 36.7 Å². The molecule has 0 saturated carbocycles. The molecule has 7 heteroatoms. The van der Waals surface area contributed by atoms with Crippen molar-refractivity contribution >= 4 is 22.7 Å². The standard InChI is InChI=1S/C24H24N2O5/c1-15(2)30-12-6-11-26-21(17-8-5-10-25-14-17)20(23(28)24(26)29)22(27)19-13-16-7-3-4-9-18(16)31-19/h3-5,7-10,13-15,21,28H,6,11-12H2,1-2H3. The molecule has 3 heterocycles. The number of aliphatic hydroxyl groups excluding tert-OH is 1. The highest BCUT2D eigenvalue weighted by atomic mass is 16.5. The molecule has 0 aliphatic carbocycles. The van der Waals surface area contributed by atoms with Gasteiger partial charge >= 0.3 is 0 Å². The third-order valence-corrected chi connectivity index (χ3v) is 5.19. The van der Waals surface area contributed by atoms with Crippen LogP contribution >= 0.6 is 0 Å². The van der Waals surface area contributed by atoms with Gasteiger partial charge in [-0.05, 0) is 44.0 Å². The summed E-state index contributed by atoms with van der Waals surface area (Å²) in [5.74, 6) is -1.58. The number of rotatable bonds is 8. The minimum Gasteiger partial charge on any atom is -0.503 e. The van der Waals surface area contributed by atoms with Crippen LogP contribution in [0.15, 0.2) is 70.6 Å². The van der Waals surface area contributed by atoms with Crippen LogP contribution in [0.1, 0.15) is 42.4 Å². The molecule has 0 saturated heterocycles. The van der Waals surface area contributed by atoms with E-state index >= 15 is 0 Å². The number of benzene rings is 1. The first-order valence-electron chi connectivity index (χ1n) is 10.3. The number of hydrogen-bond donors (Lipinski definition) is 1. The lowest BCUT2D eigenvalue weighted by molar-refractivity contribution is -0.129. The van der Waals surface area contributed by atoms with Gasteiger partial charge in [0.05, 0.1) is 17.7 Å². The van der Waals surface area contributed by atoms with Gasteiger partial charge in [0, 0.05) is 30.9 Å². The number of aliphatic hydroxyl groups is 1. The number of carbonyl (C=O) groups is 2. The number of aromatic nitrogens is 1. The molecule has 0 spiro atoms. The molecule has 4 rings (SSSR count). The molecule has 1 N–H and O–H groups in total. The molecule has 3 aromatic rings. The Morgan fingerprint density at radius 1 is 1.26 bits per heavy atom. The second kappa shape index (κ2) is 8.73. The Morgan fingerprint density at radius 3 is 2.77 bits per heavy atom. The molecule has 1 aliphatic rings. The fourth-order valence-electron chi connectivity index (χ4n) is 3.78. The van der Waals surface area contributed by atoms with Crippen molar-refractivity contribution in [1.82, 2.24) is 9.88 Å². The zero-order valence-corrected chi connectivity index (χ0v) is 17.4. The molecule has 1 aromatic carbocycles. The quantitative estimate of drug-likeness (QED) is 0.433. The maximum atomic E-state index is 13.4. The van der Waals surface area contributed by atoms with Crippen molar-refractivity contribution in [3.05, 3.63) is 77.5 Å². The summed E-state index contributed by atoms with van der Waals surface area (Å²) in [7, 11) is 0. The van der Waals surface area contributed by atoms with Crippen molar-refractivity contribution < 1.29 is 23.8 Å². The Kier molecular flexibility index (Phi) is 5.86. The number of fused-ring (bicyclic) bond motifs is 1. The molecule has 160 valence electrons. The summed E-state index contributed by atoms with van der Waals surface area (Å²) in [6, 6.07) is 11.7. The minimum absolute atomic E-state index is 0.00170. The fourth-order valence-corrected chi connectivity index (χ4v) is 3.78. The largest absolute Gasteiger partial charge is 0.503 e. The zero-order valence-electron chi connectivity index (χ0n) is 17.4. The average molecular weight is 420 g/mol. The molecular weight excluding hydrogens is 396 g/mol. The molecule has 1 unspecified atom stereocenters. The van der Waals surface area contributed by atoms with Gasteiger partial charge in [-0.1, -0.05) is 24.3 Å². The Balaban J connectivity index is 1.68. The van der Waals surface area contributed by atoms with Crippen LogP contribution in [0.3, 0.4) is 0 Å². The van der Waals surface area contributed by atoms with Gasteiger partial charge in [0.25, 0.3) is 5.91 Å². The number of ether oxygens (including phenoxy) is 1. The van der Waals surface area contributed by atoms with Gasteiger partial charge in [-0.2, -0.15) is 0 Å². The van der Waals surface area contributed by atoms with E-state index in [1.807, 2.05) is 32.0 Å². The maximum Gasteiger partial charge on any atom is 0.290 e. The number of para-hydroxylation sites is 1. The zero-order chi connectivity index (χ0) is 22.0. The van der Waals surface area contributed by atoms with Crippen LogP contribution in [0, 0.1) is 0 Å². The number of pyridine rings is 1. The van der Waals surface area contributed by atoms with Crippen LogP contribution < -0.4 is 0 Å². The van der Waals surface area contributed by atoms with Crippen molar-refractivity contribution in [2.24, 2.45) is 0 Å². The number of ketones is 1. The fraction of sp³-hybridized carbons (Fsp3) is 0.292. The van der Waals surface area contributed by atoms with Crippen molar-refractivity contribution in [3.63, 3.8) is 0 Å². The Bertz CT molecular complexity index is 1100. The predicted octanol–water partition coefficient (Wildman–Crippen LogP) is 4.22. The molecule has 0 bridgehead atoms. The Hall–Kier alpha value is -3.45. The van der Waals surface area contributed by atoms with Gasteiger partial charge in [-0.25, -0.2) is 0 Å². The monoisotopic (exact) mass is 420 g/mol. The summed E-state index contributed by atoms with van der Waals surface area (Å²) < 4.78 is 11.3. The molecule has 0 fully saturated rings. The average Bonchev–Trinajstić information content (AvgIpc) is 3.31. The van der Waals surface area contributed by atoms with Crippen LogP contribution in [0.5, 0.6) is 0 Å². The number of furan rings is 1. The summed E-state index contributed by atoms with van der Waals surface area (Å²) in [5.41, 5.74) is 1.21. The summed E-state index contributed by atoms with van der Waals surface area (Å²) in [6.45, 7) is 4.68. The van der Waals surface area contributed by atoms with Gasteiger partial charge in [-0.3, -0.25) is 14.6 Å². The SMILES string of the molecule is CC(C)OCCCN1C(=O)C(O)=C(C(=O)c2cc3ccccc3o2)C1c1cccnc1. The lowest BCUT2D eigenvalue weighted by Crippen LogP contribution is -2.32. The lowest BCUT2D eigenvalue weighted by atomic mass is 9.96. The van der Waals surface area contributed by atoms with E-state index in [9.17, 15) is 14.7 Å². The van der Waals surface area contributed by atoms with E-state index < -0.39 is 23.5 Å². The molecule has 0 radical (unpaired) electrons. The summed E-state index contributed by atoms with van der Waals surface area (Å²) in [5, 5.41) is 11.5. The highest BCUT2D eigenvalue weighted by Gasteiger charge is 2.44. The topological polar surface area (TPSA) is 92.9 Å². The van der Waals surface area contributed by atoms with Crippen LogP contribution in [0.2, 0.25) is 0 Å². The van der Waals surface area contributed by atoms with E-state index in [0.29, 0.717) is 30.7 Å². The number of Topliss-reactive ketones (excluding diaryl/α,β-unsaturated/α-hetero) is 1. The normalized spacial score (nSPS) is 16.7. The highest BCUT2D eigenvalue weighted by Crippen LogP contribution is 2.39. The lowest BCUT2D eigenvalue weighted by Gasteiger charge is -2.26. The molecule has 1 atom stereocenters. The molecule has 2 aromatic heterocycles. The Labute approximate surface area is 179 Å². The molecule has 31 heavy (non-hydrogen) atoms. The Morgan fingerprint density at radius 2 is 2.06 bits per heavy atom. The number of nitrogens with zero attached hydrogens (tertiary/aromatic N) is 2. The van der Waals surface area contributed by atoms with Gasteiger partial charge in [-0.15, -0.1) is 0 Å². The number of carbonyl (C=O) groups excluding carboxylic acids is 2. The van der Waals surface area contributed by atoms with Crippen LogP contribution in [0.4, 0.5) is 0 Å². The van der Waals surface area contributed by atoms with Gasteiger partial charge < -0.3 is 19.2 Å². The van der Waals surface area contributed by atoms with E-state index in [0.717, 1.165) is 5.39 Å². The van der Waals surface area contributed by atoms with E-state index in [4.69, 9.17) is 9.15 Å². The van der Waals surface area contributed by atoms with E-state index in [2.05, 4.69) is 4.98 Å². The van der Waals surface area contributed by atoms with Crippen molar-refractivity contribution in [2.75, 3.05) is 13.2 Å². The van der Waals surface area contributed by atoms with Gasteiger partial charge in [0.1, 0.15) is 5.58 Å². The highest BCUT2D eigenvalue weighted by molar-refractivity contribution is 6.15. The van der Waals surface area contributed by atoms with Crippen molar-refractivity contribution in [2.45, 2.75) is 32.4 Å².